The van der Waals surface area contributed by atoms with E-state index in [0.29, 0.717) is 12.0 Å². The average molecular weight is 212 g/mol. The van der Waals surface area contributed by atoms with Gasteiger partial charge < -0.3 is 10.6 Å². The summed E-state index contributed by atoms with van der Waals surface area (Å²) in [6, 6.07) is -0.0672. The molecule has 0 radical (unpaired) electrons. The summed E-state index contributed by atoms with van der Waals surface area (Å²) in [6.07, 6.45) is 5.27. The lowest BCUT2D eigenvalue weighted by atomic mass is 9.88. The van der Waals surface area contributed by atoms with Crippen LogP contribution in [0, 0.1) is 5.41 Å². The van der Waals surface area contributed by atoms with Crippen LogP contribution < -0.4 is 10.6 Å². The Hall–Kier alpha value is -0.570. The van der Waals surface area contributed by atoms with Gasteiger partial charge in [-0.05, 0) is 32.1 Å². The molecule has 0 spiro atoms. The summed E-state index contributed by atoms with van der Waals surface area (Å²) >= 11 is 0. The van der Waals surface area contributed by atoms with E-state index in [1.807, 2.05) is 13.8 Å². The van der Waals surface area contributed by atoms with Gasteiger partial charge in [0.15, 0.2) is 0 Å². The third kappa shape index (κ3) is 3.82. The van der Waals surface area contributed by atoms with E-state index in [9.17, 15) is 4.79 Å². The largest absolute Gasteiger partial charge is 0.355 e. The normalized spacial score (nSPS) is 21.3. The maximum atomic E-state index is 11.5. The lowest BCUT2D eigenvalue weighted by Crippen LogP contribution is -2.45. The molecular weight excluding hydrogens is 188 g/mol. The second-order valence-corrected chi connectivity index (χ2v) is 5.01. The molecule has 1 rings (SSSR count). The maximum Gasteiger partial charge on any atom is 0.236 e. The predicted octanol–water partition coefficient (Wildman–Crippen LogP) is 1.68. The minimum atomic E-state index is -0.0672. The van der Waals surface area contributed by atoms with E-state index in [1.54, 1.807) is 0 Å². The molecule has 3 nitrogen and oxygen atoms in total. The summed E-state index contributed by atoms with van der Waals surface area (Å²) in [5, 5.41) is 6.17. The van der Waals surface area contributed by atoms with Crippen molar-refractivity contribution < 1.29 is 4.79 Å². The van der Waals surface area contributed by atoms with Crippen LogP contribution in [0.2, 0.25) is 0 Å². The van der Waals surface area contributed by atoms with Gasteiger partial charge in [0, 0.05) is 13.1 Å². The number of rotatable bonds is 5. The second-order valence-electron chi connectivity index (χ2n) is 5.01. The molecule has 1 atom stereocenters. The lowest BCUT2D eigenvalue weighted by molar-refractivity contribution is -0.122. The van der Waals surface area contributed by atoms with Crippen molar-refractivity contribution in [3.05, 3.63) is 0 Å². The molecule has 0 aromatic rings. The standard InChI is InChI=1S/C12H24N2O/c1-4-13-11(15)10(2)14-9-12(3)7-5-6-8-12/h10,14H,4-9H2,1-3H3,(H,13,15). The Bertz CT molecular complexity index is 210. The first-order chi connectivity index (χ1) is 7.07. The number of hydrogen-bond acceptors (Lipinski definition) is 2. The van der Waals surface area contributed by atoms with E-state index in [2.05, 4.69) is 17.6 Å². The smallest absolute Gasteiger partial charge is 0.236 e. The first-order valence-corrected chi connectivity index (χ1v) is 6.08. The Morgan fingerprint density at radius 2 is 2.00 bits per heavy atom. The van der Waals surface area contributed by atoms with Gasteiger partial charge in [0.25, 0.3) is 0 Å². The summed E-state index contributed by atoms with van der Waals surface area (Å²) < 4.78 is 0. The van der Waals surface area contributed by atoms with Crippen molar-refractivity contribution in [3.8, 4) is 0 Å². The topological polar surface area (TPSA) is 41.1 Å². The van der Waals surface area contributed by atoms with Crippen LogP contribution in [0.4, 0.5) is 0 Å². The van der Waals surface area contributed by atoms with Gasteiger partial charge in [-0.15, -0.1) is 0 Å². The van der Waals surface area contributed by atoms with E-state index in [4.69, 9.17) is 0 Å². The molecule has 1 aliphatic carbocycles. The SMILES string of the molecule is CCNC(=O)C(C)NCC1(C)CCCC1. The minimum Gasteiger partial charge on any atom is -0.355 e. The highest BCUT2D eigenvalue weighted by molar-refractivity contribution is 5.81. The fourth-order valence-corrected chi connectivity index (χ4v) is 2.22. The number of carbonyl (C=O) groups excluding carboxylic acids is 1. The van der Waals surface area contributed by atoms with Crippen molar-refractivity contribution in [2.24, 2.45) is 5.41 Å². The zero-order valence-corrected chi connectivity index (χ0v) is 10.2. The average Bonchev–Trinajstić information content (AvgIpc) is 2.63. The highest BCUT2D eigenvalue weighted by atomic mass is 16.2. The van der Waals surface area contributed by atoms with Crippen LogP contribution in [0.15, 0.2) is 0 Å². The molecule has 0 bridgehead atoms. The van der Waals surface area contributed by atoms with E-state index in [-0.39, 0.29) is 11.9 Å². The van der Waals surface area contributed by atoms with E-state index >= 15 is 0 Å². The summed E-state index contributed by atoms with van der Waals surface area (Å²) in [5.74, 6) is 0.110. The molecule has 0 heterocycles. The van der Waals surface area contributed by atoms with Gasteiger partial charge in [0.05, 0.1) is 6.04 Å². The van der Waals surface area contributed by atoms with Crippen molar-refractivity contribution in [1.29, 1.82) is 0 Å². The van der Waals surface area contributed by atoms with Crippen molar-refractivity contribution in [2.45, 2.75) is 52.5 Å². The van der Waals surface area contributed by atoms with Gasteiger partial charge in [-0.25, -0.2) is 0 Å². The van der Waals surface area contributed by atoms with Gasteiger partial charge in [0.2, 0.25) is 5.91 Å². The fourth-order valence-electron chi connectivity index (χ4n) is 2.22. The van der Waals surface area contributed by atoms with Crippen LogP contribution in [0.3, 0.4) is 0 Å². The van der Waals surface area contributed by atoms with E-state index in [0.717, 1.165) is 6.54 Å². The predicted molar refractivity (Wildman–Crippen MR) is 62.7 cm³/mol. The second kappa shape index (κ2) is 5.50. The van der Waals surface area contributed by atoms with E-state index in [1.165, 1.54) is 25.7 Å². The van der Waals surface area contributed by atoms with Crippen LogP contribution in [0.1, 0.15) is 46.5 Å². The summed E-state index contributed by atoms with van der Waals surface area (Å²) in [6.45, 7) is 7.87. The number of nitrogens with one attached hydrogen (secondary N) is 2. The van der Waals surface area contributed by atoms with Crippen LogP contribution in [0.5, 0.6) is 0 Å². The molecule has 1 aliphatic rings. The Balaban J connectivity index is 2.26. The Morgan fingerprint density at radius 1 is 1.40 bits per heavy atom. The molecule has 1 fully saturated rings. The van der Waals surface area contributed by atoms with Gasteiger partial charge in [-0.3, -0.25) is 4.79 Å². The van der Waals surface area contributed by atoms with Crippen LogP contribution in [-0.2, 0) is 4.79 Å². The van der Waals surface area contributed by atoms with Crippen molar-refractivity contribution in [2.75, 3.05) is 13.1 Å². The molecule has 15 heavy (non-hydrogen) atoms. The summed E-state index contributed by atoms with van der Waals surface area (Å²) in [4.78, 5) is 11.5. The number of amides is 1. The van der Waals surface area contributed by atoms with Gasteiger partial charge in [-0.2, -0.15) is 0 Å². The molecule has 1 unspecified atom stereocenters. The quantitative estimate of drug-likeness (QED) is 0.728. The van der Waals surface area contributed by atoms with Gasteiger partial charge >= 0.3 is 0 Å². The zero-order chi connectivity index (χ0) is 11.3. The van der Waals surface area contributed by atoms with Crippen molar-refractivity contribution in [3.63, 3.8) is 0 Å². The first kappa shape index (κ1) is 12.5. The summed E-state index contributed by atoms with van der Waals surface area (Å²) in [7, 11) is 0. The molecule has 0 aliphatic heterocycles. The Kier molecular flexibility index (Phi) is 4.58. The molecule has 1 saturated carbocycles. The minimum absolute atomic E-state index is 0.0672. The van der Waals surface area contributed by atoms with Crippen LogP contribution in [-0.4, -0.2) is 25.0 Å². The molecule has 0 aromatic heterocycles. The fraction of sp³-hybridized carbons (Fsp3) is 0.917. The first-order valence-electron chi connectivity index (χ1n) is 6.08. The van der Waals surface area contributed by atoms with Gasteiger partial charge in [0.1, 0.15) is 0 Å². The monoisotopic (exact) mass is 212 g/mol. The van der Waals surface area contributed by atoms with Crippen molar-refractivity contribution >= 4 is 5.91 Å². The molecule has 3 heteroatoms. The third-order valence-corrected chi connectivity index (χ3v) is 3.39. The molecular formula is C12H24N2O. The Labute approximate surface area is 93.0 Å². The highest BCUT2D eigenvalue weighted by Gasteiger charge is 2.29. The number of carbonyl (C=O) groups is 1. The van der Waals surface area contributed by atoms with Crippen LogP contribution >= 0.6 is 0 Å². The molecule has 88 valence electrons. The number of likely N-dealkylation sites (N-methyl/N-ethyl adjacent to an activating group) is 1. The van der Waals surface area contributed by atoms with Crippen LogP contribution in [0.25, 0.3) is 0 Å². The summed E-state index contributed by atoms with van der Waals surface area (Å²) in [5.41, 5.74) is 0.417. The van der Waals surface area contributed by atoms with Gasteiger partial charge in [-0.1, -0.05) is 19.8 Å². The lowest BCUT2D eigenvalue weighted by Gasteiger charge is -2.26. The molecule has 2 N–H and O–H groups in total. The maximum absolute atomic E-state index is 11.5. The third-order valence-electron chi connectivity index (χ3n) is 3.39. The number of hydrogen-bond donors (Lipinski definition) is 2. The van der Waals surface area contributed by atoms with Crippen molar-refractivity contribution in [1.82, 2.24) is 10.6 Å². The Morgan fingerprint density at radius 3 is 2.53 bits per heavy atom. The molecule has 1 amide bonds. The van der Waals surface area contributed by atoms with E-state index < -0.39 is 0 Å². The highest BCUT2D eigenvalue weighted by Crippen LogP contribution is 2.36. The zero-order valence-electron chi connectivity index (χ0n) is 10.2. The molecule has 0 saturated heterocycles. The molecule has 0 aromatic carbocycles.